The van der Waals surface area contributed by atoms with E-state index in [1.54, 1.807) is 12.1 Å². The number of rotatable bonds is 4. The van der Waals surface area contributed by atoms with Crippen LogP contribution in [0, 0.1) is 0 Å². The van der Waals surface area contributed by atoms with E-state index >= 15 is 0 Å². The fourth-order valence-electron chi connectivity index (χ4n) is 1.22. The Kier molecular flexibility index (Phi) is 3.97. The van der Waals surface area contributed by atoms with Gasteiger partial charge in [0.1, 0.15) is 5.75 Å². The van der Waals surface area contributed by atoms with E-state index in [0.717, 1.165) is 18.8 Å². The molecule has 0 aliphatic rings. The fourth-order valence-corrected chi connectivity index (χ4v) is 1.22. The molecule has 84 valence electrons. The number of aromatic hydroxyl groups is 1. The summed E-state index contributed by atoms with van der Waals surface area (Å²) in [6.45, 7) is 8.24. The van der Waals surface area contributed by atoms with Crippen LogP contribution in [0.25, 0.3) is 0 Å². The van der Waals surface area contributed by atoms with E-state index in [4.69, 9.17) is 5.11 Å². The molecule has 0 bridgehead atoms. The van der Waals surface area contributed by atoms with Crippen LogP contribution in [0.4, 0.5) is 5.69 Å². The average Bonchev–Trinajstić information content (AvgIpc) is 2.14. The number of phenols is 1. The van der Waals surface area contributed by atoms with Crippen LogP contribution < -0.4 is 10.6 Å². The summed E-state index contributed by atoms with van der Waals surface area (Å²) < 4.78 is 0. The molecule has 0 saturated carbocycles. The van der Waals surface area contributed by atoms with Gasteiger partial charge >= 0.3 is 0 Å². The first kappa shape index (κ1) is 11.9. The van der Waals surface area contributed by atoms with Gasteiger partial charge in [0.05, 0.1) is 0 Å². The molecule has 3 nitrogen and oxygen atoms in total. The maximum Gasteiger partial charge on any atom is 0.115 e. The molecule has 1 aromatic rings. The van der Waals surface area contributed by atoms with Gasteiger partial charge in [0.25, 0.3) is 0 Å². The molecule has 0 amide bonds. The summed E-state index contributed by atoms with van der Waals surface area (Å²) in [5.41, 5.74) is 1.19. The minimum absolute atomic E-state index is 0.163. The second kappa shape index (κ2) is 5.03. The minimum atomic E-state index is 0.163. The molecule has 1 rings (SSSR count). The standard InChI is InChI=1S/C12H20N2O/c1-12(2,3)14-9-8-13-10-4-6-11(15)7-5-10/h4-7,13-15H,8-9H2,1-3H3. The first-order valence-electron chi connectivity index (χ1n) is 5.25. The van der Waals surface area contributed by atoms with E-state index in [0.29, 0.717) is 5.75 Å². The Morgan fingerprint density at radius 2 is 1.67 bits per heavy atom. The summed E-state index contributed by atoms with van der Waals surface area (Å²) in [6.07, 6.45) is 0. The lowest BCUT2D eigenvalue weighted by molar-refractivity contribution is 0.435. The van der Waals surface area contributed by atoms with Gasteiger partial charge in [-0.2, -0.15) is 0 Å². The van der Waals surface area contributed by atoms with Crippen molar-refractivity contribution in [2.75, 3.05) is 18.4 Å². The van der Waals surface area contributed by atoms with Crippen molar-refractivity contribution in [3.63, 3.8) is 0 Å². The Morgan fingerprint density at radius 1 is 1.07 bits per heavy atom. The highest BCUT2D eigenvalue weighted by Crippen LogP contribution is 2.13. The first-order chi connectivity index (χ1) is 6.97. The van der Waals surface area contributed by atoms with Gasteiger partial charge in [0.2, 0.25) is 0 Å². The van der Waals surface area contributed by atoms with Crippen LogP contribution in [0.1, 0.15) is 20.8 Å². The molecule has 3 heteroatoms. The summed E-state index contributed by atoms with van der Waals surface area (Å²) in [5, 5.41) is 15.8. The highest BCUT2D eigenvalue weighted by Gasteiger charge is 2.06. The molecule has 15 heavy (non-hydrogen) atoms. The van der Waals surface area contributed by atoms with E-state index in [-0.39, 0.29) is 5.54 Å². The van der Waals surface area contributed by atoms with Crippen LogP contribution in [0.5, 0.6) is 5.75 Å². The third-order valence-corrected chi connectivity index (χ3v) is 1.98. The summed E-state index contributed by atoms with van der Waals surface area (Å²) in [7, 11) is 0. The van der Waals surface area contributed by atoms with Crippen LogP contribution in [0.3, 0.4) is 0 Å². The number of hydrogen-bond acceptors (Lipinski definition) is 3. The Labute approximate surface area is 91.5 Å². The molecule has 0 saturated heterocycles. The molecule has 1 aromatic carbocycles. The number of nitrogens with one attached hydrogen (secondary N) is 2. The maximum absolute atomic E-state index is 9.09. The van der Waals surface area contributed by atoms with E-state index in [1.807, 2.05) is 12.1 Å². The molecule has 0 aliphatic heterocycles. The summed E-state index contributed by atoms with van der Waals surface area (Å²) in [4.78, 5) is 0. The van der Waals surface area contributed by atoms with Gasteiger partial charge in [0.15, 0.2) is 0 Å². The van der Waals surface area contributed by atoms with Gasteiger partial charge in [-0.15, -0.1) is 0 Å². The quantitative estimate of drug-likeness (QED) is 0.525. The smallest absolute Gasteiger partial charge is 0.115 e. The van der Waals surface area contributed by atoms with Crippen LogP contribution >= 0.6 is 0 Å². The summed E-state index contributed by atoms with van der Waals surface area (Å²) in [5.74, 6) is 0.299. The summed E-state index contributed by atoms with van der Waals surface area (Å²) >= 11 is 0. The van der Waals surface area contributed by atoms with Crippen LogP contribution in [-0.2, 0) is 0 Å². The molecule has 0 unspecified atom stereocenters. The Morgan fingerprint density at radius 3 is 2.20 bits per heavy atom. The Balaban J connectivity index is 2.23. The van der Waals surface area contributed by atoms with Crippen molar-refractivity contribution in [1.82, 2.24) is 5.32 Å². The third kappa shape index (κ3) is 5.27. The SMILES string of the molecule is CC(C)(C)NCCNc1ccc(O)cc1. The molecular formula is C12H20N2O. The minimum Gasteiger partial charge on any atom is -0.508 e. The summed E-state index contributed by atoms with van der Waals surface area (Å²) in [6, 6.07) is 7.10. The van der Waals surface area contributed by atoms with Gasteiger partial charge in [-0.25, -0.2) is 0 Å². The largest absolute Gasteiger partial charge is 0.508 e. The van der Waals surface area contributed by atoms with E-state index in [9.17, 15) is 0 Å². The monoisotopic (exact) mass is 208 g/mol. The molecule has 0 atom stereocenters. The molecular weight excluding hydrogens is 188 g/mol. The zero-order valence-corrected chi connectivity index (χ0v) is 9.67. The van der Waals surface area contributed by atoms with Gasteiger partial charge in [0, 0.05) is 24.3 Å². The topological polar surface area (TPSA) is 44.3 Å². The Bertz CT molecular complexity index is 287. The van der Waals surface area contributed by atoms with E-state index < -0.39 is 0 Å². The highest BCUT2D eigenvalue weighted by atomic mass is 16.3. The third-order valence-electron chi connectivity index (χ3n) is 1.98. The lowest BCUT2D eigenvalue weighted by Crippen LogP contribution is -2.38. The number of hydrogen-bond donors (Lipinski definition) is 3. The highest BCUT2D eigenvalue weighted by molar-refractivity contribution is 5.45. The maximum atomic E-state index is 9.09. The van der Waals surface area contributed by atoms with Gasteiger partial charge in [-0.05, 0) is 45.0 Å². The molecule has 0 radical (unpaired) electrons. The van der Waals surface area contributed by atoms with Crippen LogP contribution in [0.2, 0.25) is 0 Å². The van der Waals surface area contributed by atoms with E-state index in [2.05, 4.69) is 31.4 Å². The zero-order chi connectivity index (χ0) is 11.3. The average molecular weight is 208 g/mol. The second-order valence-electron chi connectivity index (χ2n) is 4.65. The first-order valence-corrected chi connectivity index (χ1v) is 5.25. The van der Waals surface area contributed by atoms with Crippen molar-refractivity contribution < 1.29 is 5.11 Å². The molecule has 0 spiro atoms. The van der Waals surface area contributed by atoms with Gasteiger partial charge < -0.3 is 15.7 Å². The van der Waals surface area contributed by atoms with Crippen molar-refractivity contribution >= 4 is 5.69 Å². The molecule has 0 aromatic heterocycles. The molecule has 0 heterocycles. The van der Waals surface area contributed by atoms with Crippen molar-refractivity contribution in [3.05, 3.63) is 24.3 Å². The zero-order valence-electron chi connectivity index (χ0n) is 9.67. The lowest BCUT2D eigenvalue weighted by Gasteiger charge is -2.20. The predicted molar refractivity (Wildman–Crippen MR) is 64.4 cm³/mol. The fraction of sp³-hybridized carbons (Fsp3) is 0.500. The lowest BCUT2D eigenvalue weighted by atomic mass is 10.1. The Hall–Kier alpha value is -1.22. The number of benzene rings is 1. The molecule has 0 fully saturated rings. The predicted octanol–water partition coefficient (Wildman–Crippen LogP) is 2.19. The van der Waals surface area contributed by atoms with Crippen molar-refractivity contribution in [2.45, 2.75) is 26.3 Å². The van der Waals surface area contributed by atoms with Crippen molar-refractivity contribution in [2.24, 2.45) is 0 Å². The van der Waals surface area contributed by atoms with E-state index in [1.165, 1.54) is 0 Å². The van der Waals surface area contributed by atoms with Crippen molar-refractivity contribution in [1.29, 1.82) is 0 Å². The van der Waals surface area contributed by atoms with Gasteiger partial charge in [-0.1, -0.05) is 0 Å². The van der Waals surface area contributed by atoms with Crippen molar-refractivity contribution in [3.8, 4) is 5.75 Å². The number of anilines is 1. The van der Waals surface area contributed by atoms with Crippen LogP contribution in [0.15, 0.2) is 24.3 Å². The number of phenolic OH excluding ortho intramolecular Hbond substituents is 1. The van der Waals surface area contributed by atoms with Crippen LogP contribution in [-0.4, -0.2) is 23.7 Å². The second-order valence-corrected chi connectivity index (χ2v) is 4.65. The molecule has 3 N–H and O–H groups in total. The molecule has 0 aliphatic carbocycles. The van der Waals surface area contributed by atoms with Gasteiger partial charge in [-0.3, -0.25) is 0 Å². The normalized spacial score (nSPS) is 11.4.